The van der Waals surface area contributed by atoms with Gasteiger partial charge in [0.25, 0.3) is 11.7 Å². The molecule has 1 N–H and O–H groups in total. The molecule has 7 heteroatoms. The van der Waals surface area contributed by atoms with Crippen molar-refractivity contribution in [1.29, 1.82) is 0 Å². The van der Waals surface area contributed by atoms with Crippen LogP contribution in [0.3, 0.4) is 0 Å². The zero-order valence-electron chi connectivity index (χ0n) is 21.3. The number of ketones is 1. The first-order chi connectivity index (χ1) is 16.9. The zero-order chi connectivity index (χ0) is 25.5. The maximum Gasteiger partial charge on any atom is 0.295 e. The van der Waals surface area contributed by atoms with E-state index in [1.165, 1.54) is 0 Å². The second kappa shape index (κ2) is 11.9. The Morgan fingerprint density at radius 2 is 1.74 bits per heavy atom. The van der Waals surface area contributed by atoms with Crippen LogP contribution in [0.1, 0.15) is 49.9 Å². The Hall–Kier alpha value is -3.32. The van der Waals surface area contributed by atoms with Crippen molar-refractivity contribution in [2.45, 2.75) is 40.2 Å². The number of hydrogen-bond donors (Lipinski definition) is 1. The Bertz CT molecular complexity index is 1070. The van der Waals surface area contributed by atoms with Crippen LogP contribution in [0, 0.1) is 6.92 Å². The van der Waals surface area contributed by atoms with E-state index in [1.54, 1.807) is 42.3 Å². The quantitative estimate of drug-likeness (QED) is 0.289. The van der Waals surface area contributed by atoms with Crippen molar-refractivity contribution in [3.63, 3.8) is 0 Å². The van der Waals surface area contributed by atoms with E-state index in [4.69, 9.17) is 9.47 Å². The van der Waals surface area contributed by atoms with Crippen LogP contribution in [0.4, 0.5) is 0 Å². The molecule has 0 aliphatic carbocycles. The molecule has 1 aliphatic rings. The molecule has 1 amide bonds. The number of amides is 1. The van der Waals surface area contributed by atoms with E-state index in [9.17, 15) is 14.7 Å². The van der Waals surface area contributed by atoms with Gasteiger partial charge in [-0.1, -0.05) is 32.9 Å². The van der Waals surface area contributed by atoms with Crippen LogP contribution >= 0.6 is 0 Å². The average Bonchev–Trinajstić information content (AvgIpc) is 3.13. The fourth-order valence-corrected chi connectivity index (χ4v) is 4.36. The maximum atomic E-state index is 13.2. The van der Waals surface area contributed by atoms with Crippen molar-refractivity contribution in [3.05, 3.63) is 64.7 Å². The van der Waals surface area contributed by atoms with Gasteiger partial charge in [0.2, 0.25) is 0 Å². The smallest absolute Gasteiger partial charge is 0.295 e. The minimum absolute atomic E-state index is 0.0985. The van der Waals surface area contributed by atoms with Crippen molar-refractivity contribution in [2.24, 2.45) is 0 Å². The predicted octanol–water partition coefficient (Wildman–Crippen LogP) is 4.56. The monoisotopic (exact) mass is 480 g/mol. The van der Waals surface area contributed by atoms with E-state index in [0.29, 0.717) is 31.0 Å². The van der Waals surface area contributed by atoms with Gasteiger partial charge in [-0.3, -0.25) is 9.59 Å². The number of Topliss-reactive ketones (excluding diaryl/α,β-unsaturated/α-hetero) is 1. The second-order valence-corrected chi connectivity index (χ2v) is 8.62. The lowest BCUT2D eigenvalue weighted by Gasteiger charge is -2.28. The number of methoxy groups -OCH3 is 1. The highest BCUT2D eigenvalue weighted by atomic mass is 16.5. The van der Waals surface area contributed by atoms with Crippen molar-refractivity contribution in [2.75, 3.05) is 39.9 Å². The van der Waals surface area contributed by atoms with Crippen LogP contribution in [-0.2, 0) is 9.59 Å². The van der Waals surface area contributed by atoms with Gasteiger partial charge in [0.1, 0.15) is 17.3 Å². The Morgan fingerprint density at radius 3 is 2.31 bits per heavy atom. The molecule has 1 saturated heterocycles. The molecule has 0 radical (unpaired) electrons. The summed E-state index contributed by atoms with van der Waals surface area (Å²) in [5, 5.41) is 11.3. The van der Waals surface area contributed by atoms with E-state index in [1.807, 2.05) is 26.0 Å². The number of hydrogen-bond acceptors (Lipinski definition) is 6. The predicted molar refractivity (Wildman–Crippen MR) is 137 cm³/mol. The number of aliphatic hydroxyl groups excluding tert-OH is 1. The molecule has 7 nitrogen and oxygen atoms in total. The number of nitrogens with zero attached hydrogens (tertiary/aromatic N) is 2. The number of carbonyl (C=O) groups excluding carboxylic acids is 2. The molecule has 1 heterocycles. The van der Waals surface area contributed by atoms with Gasteiger partial charge in [-0.15, -0.1) is 0 Å². The fraction of sp³-hybridized carbons (Fsp3) is 0.429. The molecular weight excluding hydrogens is 444 g/mol. The third-order valence-electron chi connectivity index (χ3n) is 6.43. The molecule has 0 aromatic heterocycles. The Labute approximate surface area is 207 Å². The third-order valence-corrected chi connectivity index (χ3v) is 6.43. The van der Waals surface area contributed by atoms with Gasteiger partial charge in [0.05, 0.1) is 25.3 Å². The summed E-state index contributed by atoms with van der Waals surface area (Å²) in [5.74, 6) is -0.0486. The van der Waals surface area contributed by atoms with Gasteiger partial charge in [-0.2, -0.15) is 0 Å². The number of rotatable bonds is 11. The molecule has 0 bridgehead atoms. The lowest BCUT2D eigenvalue weighted by molar-refractivity contribution is -0.140. The fourth-order valence-electron chi connectivity index (χ4n) is 4.36. The summed E-state index contributed by atoms with van der Waals surface area (Å²) in [6, 6.07) is 11.9. The molecular formula is C28H36N2O5. The number of ether oxygens (including phenoxy) is 2. The molecule has 2 aromatic carbocycles. The number of benzene rings is 2. The number of carbonyl (C=O) groups is 2. The molecule has 1 unspecified atom stereocenters. The number of aryl methyl sites for hydroxylation is 1. The summed E-state index contributed by atoms with van der Waals surface area (Å²) < 4.78 is 11.0. The Kier molecular flexibility index (Phi) is 8.93. The van der Waals surface area contributed by atoms with Gasteiger partial charge in [0, 0.05) is 18.7 Å². The third kappa shape index (κ3) is 5.68. The highest BCUT2D eigenvalue weighted by Gasteiger charge is 2.46. The standard InChI is InChI=1S/C28H36N2O5/c1-6-17-35-23-14-11-21(18-19(23)4)26(31)24-25(20-9-12-22(34-5)13-10-20)30(28(33)27(24)32)16-15-29(7-2)8-3/h9-14,18,25,31H,6-8,15-17H2,1-5H3/b26-24-. The molecule has 3 rings (SSSR count). The number of likely N-dealkylation sites (tertiary alicyclic amines) is 1. The largest absolute Gasteiger partial charge is 0.507 e. The van der Waals surface area contributed by atoms with Gasteiger partial charge < -0.3 is 24.4 Å². The summed E-state index contributed by atoms with van der Waals surface area (Å²) in [6.45, 7) is 11.4. The highest BCUT2D eigenvalue weighted by Crippen LogP contribution is 2.40. The van der Waals surface area contributed by atoms with E-state index >= 15 is 0 Å². The molecule has 0 spiro atoms. The van der Waals surface area contributed by atoms with Gasteiger partial charge in [0.15, 0.2) is 0 Å². The van der Waals surface area contributed by atoms with E-state index < -0.39 is 17.7 Å². The summed E-state index contributed by atoms with van der Waals surface area (Å²) in [5.41, 5.74) is 2.16. The summed E-state index contributed by atoms with van der Waals surface area (Å²) in [7, 11) is 1.58. The molecule has 1 fully saturated rings. The SMILES string of the molecule is CCCOc1ccc(/C(O)=C2/C(=O)C(=O)N(CCN(CC)CC)C2c2ccc(OC)cc2)cc1C. The zero-order valence-corrected chi connectivity index (χ0v) is 21.3. The Balaban J connectivity index is 2.07. The molecule has 0 saturated carbocycles. The van der Waals surface area contributed by atoms with Crippen LogP contribution in [0.5, 0.6) is 11.5 Å². The highest BCUT2D eigenvalue weighted by molar-refractivity contribution is 6.46. The van der Waals surface area contributed by atoms with Crippen LogP contribution in [0.25, 0.3) is 5.76 Å². The number of likely N-dealkylation sites (N-methyl/N-ethyl adjacent to an activating group) is 1. The van der Waals surface area contributed by atoms with Crippen LogP contribution in [-0.4, -0.2) is 66.5 Å². The van der Waals surface area contributed by atoms with Crippen molar-refractivity contribution < 1.29 is 24.2 Å². The minimum atomic E-state index is -0.687. The molecule has 2 aromatic rings. The molecule has 1 atom stereocenters. The summed E-state index contributed by atoms with van der Waals surface area (Å²) >= 11 is 0. The summed E-state index contributed by atoms with van der Waals surface area (Å²) in [4.78, 5) is 30.2. The minimum Gasteiger partial charge on any atom is -0.507 e. The first-order valence-corrected chi connectivity index (χ1v) is 12.2. The van der Waals surface area contributed by atoms with Crippen LogP contribution < -0.4 is 9.47 Å². The summed E-state index contributed by atoms with van der Waals surface area (Å²) in [6.07, 6.45) is 0.889. The van der Waals surface area contributed by atoms with Gasteiger partial charge >= 0.3 is 0 Å². The molecule has 1 aliphatic heterocycles. The first-order valence-electron chi connectivity index (χ1n) is 12.2. The lowest BCUT2D eigenvalue weighted by atomic mass is 9.94. The van der Waals surface area contributed by atoms with E-state index in [2.05, 4.69) is 18.7 Å². The van der Waals surface area contributed by atoms with Crippen LogP contribution in [0.2, 0.25) is 0 Å². The average molecular weight is 481 g/mol. The lowest BCUT2D eigenvalue weighted by Crippen LogP contribution is -2.38. The second-order valence-electron chi connectivity index (χ2n) is 8.62. The first kappa shape index (κ1) is 26.3. The van der Waals surface area contributed by atoms with Gasteiger partial charge in [-0.25, -0.2) is 0 Å². The van der Waals surface area contributed by atoms with Gasteiger partial charge in [-0.05, 0) is 67.9 Å². The normalized spacial score (nSPS) is 17.3. The van der Waals surface area contributed by atoms with Crippen molar-refractivity contribution >= 4 is 17.4 Å². The van der Waals surface area contributed by atoms with Crippen molar-refractivity contribution in [1.82, 2.24) is 9.80 Å². The van der Waals surface area contributed by atoms with Crippen LogP contribution in [0.15, 0.2) is 48.0 Å². The Morgan fingerprint density at radius 1 is 1.06 bits per heavy atom. The molecule has 188 valence electrons. The van der Waals surface area contributed by atoms with Crippen molar-refractivity contribution in [3.8, 4) is 11.5 Å². The topological polar surface area (TPSA) is 79.3 Å². The maximum absolute atomic E-state index is 13.2. The molecule has 35 heavy (non-hydrogen) atoms. The number of aliphatic hydroxyl groups is 1. The van der Waals surface area contributed by atoms with E-state index in [-0.39, 0.29) is 11.3 Å². The van der Waals surface area contributed by atoms with E-state index in [0.717, 1.165) is 36.4 Å².